The summed E-state index contributed by atoms with van der Waals surface area (Å²) < 4.78 is 26.0. The van der Waals surface area contributed by atoms with E-state index in [4.69, 9.17) is 18.4 Å². The summed E-state index contributed by atoms with van der Waals surface area (Å²) in [6.07, 6.45) is 0. The van der Waals surface area contributed by atoms with Crippen LogP contribution in [0.2, 0.25) is 0 Å². The fourth-order valence-electron chi connectivity index (χ4n) is 3.67. The average Bonchev–Trinajstić information content (AvgIpc) is 3.39. The first-order valence-corrected chi connectivity index (χ1v) is 10.5. The number of aryl methyl sites for hydroxylation is 1. The first-order chi connectivity index (χ1) is 15.2. The van der Waals surface area contributed by atoms with Gasteiger partial charge in [-0.1, -0.05) is 41.6 Å². The van der Waals surface area contributed by atoms with Crippen LogP contribution < -0.4 is 14.2 Å². The van der Waals surface area contributed by atoms with Crippen LogP contribution in [0.1, 0.15) is 5.76 Å². The lowest BCUT2D eigenvalue weighted by molar-refractivity contribution is 0.376. The van der Waals surface area contributed by atoms with Gasteiger partial charge in [0.2, 0.25) is 0 Å². The summed E-state index contributed by atoms with van der Waals surface area (Å²) in [5, 5.41) is 6.08. The summed E-state index contributed by atoms with van der Waals surface area (Å²) in [6, 6.07) is 19.9. The quantitative estimate of drug-likeness (QED) is 0.300. The Hall–Kier alpha value is -3.58. The molecule has 0 unspecified atom stereocenters. The highest BCUT2D eigenvalue weighted by Gasteiger charge is 2.20. The molecule has 31 heavy (non-hydrogen) atoms. The van der Waals surface area contributed by atoms with Crippen molar-refractivity contribution in [3.63, 3.8) is 0 Å². The molecule has 156 valence electrons. The lowest BCUT2D eigenvalue weighted by atomic mass is 10.00. The predicted molar refractivity (Wildman–Crippen MR) is 123 cm³/mol. The second kappa shape index (κ2) is 7.92. The van der Waals surface area contributed by atoms with Gasteiger partial charge in [-0.3, -0.25) is 0 Å². The number of benzene rings is 3. The standard InChI is InChI=1S/C24H20N2O4S/c1-14-12-17-16(15-8-5-4-6-9-15)13-20-21(22(17)29-14)24(25-30-20)26-31-23-18(27-2)10-7-11-19(23)28-3/h4-13H,1-3H3,(H,25,26). The number of hydrogen-bond acceptors (Lipinski definition) is 7. The largest absolute Gasteiger partial charge is 0.495 e. The van der Waals surface area contributed by atoms with E-state index in [1.54, 1.807) is 14.2 Å². The van der Waals surface area contributed by atoms with E-state index in [9.17, 15) is 0 Å². The smallest absolute Gasteiger partial charge is 0.191 e. The molecule has 0 aliphatic rings. The molecule has 7 heteroatoms. The van der Waals surface area contributed by atoms with Gasteiger partial charge in [0, 0.05) is 5.39 Å². The highest BCUT2D eigenvalue weighted by Crippen LogP contribution is 2.42. The fraction of sp³-hybridized carbons (Fsp3) is 0.125. The van der Waals surface area contributed by atoms with Crippen LogP contribution >= 0.6 is 11.9 Å². The zero-order valence-electron chi connectivity index (χ0n) is 17.3. The maximum atomic E-state index is 6.09. The van der Waals surface area contributed by atoms with E-state index in [1.165, 1.54) is 11.9 Å². The first kappa shape index (κ1) is 19.4. The van der Waals surface area contributed by atoms with E-state index >= 15 is 0 Å². The minimum Gasteiger partial charge on any atom is -0.495 e. The Bertz CT molecular complexity index is 1350. The van der Waals surface area contributed by atoms with E-state index in [-0.39, 0.29) is 0 Å². The Balaban J connectivity index is 1.61. The van der Waals surface area contributed by atoms with E-state index in [1.807, 2.05) is 55.5 Å². The molecule has 5 aromatic rings. The van der Waals surface area contributed by atoms with Gasteiger partial charge in [-0.25, -0.2) is 0 Å². The van der Waals surface area contributed by atoms with E-state index < -0.39 is 0 Å². The van der Waals surface area contributed by atoms with E-state index in [0.717, 1.165) is 38.1 Å². The molecule has 0 spiro atoms. The number of anilines is 1. The predicted octanol–water partition coefficient (Wildman–Crippen LogP) is 6.69. The maximum absolute atomic E-state index is 6.09. The monoisotopic (exact) mass is 432 g/mol. The molecule has 6 nitrogen and oxygen atoms in total. The summed E-state index contributed by atoms with van der Waals surface area (Å²) in [6.45, 7) is 1.94. The van der Waals surface area contributed by atoms with Crippen molar-refractivity contribution in [2.75, 3.05) is 18.9 Å². The zero-order chi connectivity index (χ0) is 21.4. The lowest BCUT2D eigenvalue weighted by Gasteiger charge is -2.12. The number of nitrogens with one attached hydrogen (secondary N) is 1. The summed E-state index contributed by atoms with van der Waals surface area (Å²) in [7, 11) is 3.26. The van der Waals surface area contributed by atoms with Gasteiger partial charge in [-0.15, -0.1) is 0 Å². The van der Waals surface area contributed by atoms with Gasteiger partial charge in [0.25, 0.3) is 0 Å². The molecule has 0 saturated heterocycles. The molecule has 3 aromatic carbocycles. The van der Waals surface area contributed by atoms with Crippen LogP contribution in [0.3, 0.4) is 0 Å². The van der Waals surface area contributed by atoms with Crippen molar-refractivity contribution in [3.05, 3.63) is 66.4 Å². The van der Waals surface area contributed by atoms with Crippen LogP contribution in [0.25, 0.3) is 33.1 Å². The molecule has 0 saturated carbocycles. The minimum absolute atomic E-state index is 0.576. The van der Waals surface area contributed by atoms with Gasteiger partial charge in [0.1, 0.15) is 33.1 Å². The van der Waals surface area contributed by atoms with Gasteiger partial charge in [0.05, 0.1) is 14.2 Å². The number of aromatic nitrogens is 1. The van der Waals surface area contributed by atoms with Crippen molar-refractivity contribution < 1.29 is 18.4 Å². The zero-order valence-corrected chi connectivity index (χ0v) is 18.1. The molecule has 0 fully saturated rings. The Morgan fingerprint density at radius 2 is 1.68 bits per heavy atom. The van der Waals surface area contributed by atoms with Crippen molar-refractivity contribution in [2.45, 2.75) is 11.8 Å². The number of hydrogen-bond donors (Lipinski definition) is 1. The van der Waals surface area contributed by atoms with Crippen LogP contribution in [-0.2, 0) is 0 Å². The highest BCUT2D eigenvalue weighted by atomic mass is 32.2. The number of methoxy groups -OCH3 is 2. The molecule has 0 aliphatic heterocycles. The third kappa shape index (κ3) is 3.37. The van der Waals surface area contributed by atoms with Crippen molar-refractivity contribution in [3.8, 4) is 22.6 Å². The fourth-order valence-corrected chi connectivity index (χ4v) is 4.51. The topological polar surface area (TPSA) is 69.7 Å². The molecular weight excluding hydrogens is 412 g/mol. The molecule has 1 N–H and O–H groups in total. The third-order valence-corrected chi connectivity index (χ3v) is 5.99. The number of fused-ring (bicyclic) bond motifs is 3. The lowest BCUT2D eigenvalue weighted by Crippen LogP contribution is -1.95. The summed E-state index contributed by atoms with van der Waals surface area (Å²) >= 11 is 1.35. The Morgan fingerprint density at radius 3 is 2.39 bits per heavy atom. The Labute approximate surface area is 183 Å². The van der Waals surface area contributed by atoms with Gasteiger partial charge in [-0.2, -0.15) is 0 Å². The number of rotatable bonds is 6. The molecule has 0 amide bonds. The maximum Gasteiger partial charge on any atom is 0.191 e. The van der Waals surface area contributed by atoms with Gasteiger partial charge >= 0.3 is 0 Å². The second-order valence-electron chi connectivity index (χ2n) is 6.99. The molecule has 0 radical (unpaired) electrons. The van der Waals surface area contributed by atoms with Crippen molar-refractivity contribution in [2.24, 2.45) is 0 Å². The summed E-state index contributed by atoms with van der Waals surface area (Å²) in [5.41, 5.74) is 3.52. The molecular formula is C24H20N2O4S. The first-order valence-electron chi connectivity index (χ1n) is 9.71. The third-order valence-electron chi connectivity index (χ3n) is 5.08. The number of nitrogens with zero attached hydrogens (tertiary/aromatic N) is 1. The summed E-state index contributed by atoms with van der Waals surface area (Å²) in [5.74, 6) is 2.81. The molecule has 2 aromatic heterocycles. The van der Waals surface area contributed by atoms with Crippen LogP contribution in [0.4, 0.5) is 5.82 Å². The summed E-state index contributed by atoms with van der Waals surface area (Å²) in [4.78, 5) is 0.816. The Morgan fingerprint density at radius 1 is 0.935 bits per heavy atom. The highest BCUT2D eigenvalue weighted by molar-refractivity contribution is 8.00. The van der Waals surface area contributed by atoms with Gasteiger partial charge in [-0.05, 0) is 54.3 Å². The van der Waals surface area contributed by atoms with Gasteiger partial charge < -0.3 is 23.1 Å². The molecule has 0 bridgehead atoms. The van der Waals surface area contributed by atoms with Crippen LogP contribution in [0.5, 0.6) is 11.5 Å². The van der Waals surface area contributed by atoms with E-state index in [2.05, 4.69) is 22.0 Å². The molecule has 0 atom stereocenters. The van der Waals surface area contributed by atoms with Crippen molar-refractivity contribution in [1.29, 1.82) is 0 Å². The Kier molecular flexibility index (Phi) is 4.95. The molecule has 5 rings (SSSR count). The molecule has 0 aliphatic carbocycles. The molecule has 2 heterocycles. The number of ether oxygens (including phenoxy) is 2. The van der Waals surface area contributed by atoms with Crippen molar-refractivity contribution in [1.82, 2.24) is 5.16 Å². The average molecular weight is 433 g/mol. The SMILES string of the molecule is COc1cccc(OC)c1SNc1noc2cc(-c3ccccc3)c3cc(C)oc3c12. The van der Waals surface area contributed by atoms with Crippen LogP contribution in [-0.4, -0.2) is 19.4 Å². The number of furan rings is 1. The van der Waals surface area contributed by atoms with Crippen LogP contribution in [0.15, 0.2) is 74.5 Å². The van der Waals surface area contributed by atoms with Crippen molar-refractivity contribution >= 4 is 39.7 Å². The van der Waals surface area contributed by atoms with E-state index in [0.29, 0.717) is 22.9 Å². The normalized spacial score (nSPS) is 11.2. The van der Waals surface area contributed by atoms with Crippen LogP contribution in [0, 0.1) is 6.92 Å². The van der Waals surface area contributed by atoms with Gasteiger partial charge in [0.15, 0.2) is 11.4 Å². The second-order valence-corrected chi connectivity index (χ2v) is 7.81. The minimum atomic E-state index is 0.576.